The van der Waals surface area contributed by atoms with Gasteiger partial charge in [-0.15, -0.1) is 12.4 Å². The number of benzene rings is 1. The fourth-order valence-electron chi connectivity index (χ4n) is 2.19. The van der Waals surface area contributed by atoms with E-state index in [1.807, 2.05) is 12.1 Å². The van der Waals surface area contributed by atoms with Crippen molar-refractivity contribution in [3.8, 4) is 5.75 Å². The second kappa shape index (κ2) is 10.9. The highest BCUT2D eigenvalue weighted by atomic mass is 35.5. The van der Waals surface area contributed by atoms with Gasteiger partial charge < -0.3 is 24.8 Å². The minimum absolute atomic E-state index is 0. The summed E-state index contributed by atoms with van der Waals surface area (Å²) in [6.45, 7) is 2.29. The number of ether oxygens (including phenoxy) is 3. The molecule has 2 N–H and O–H groups in total. The third-order valence-corrected chi connectivity index (χ3v) is 3.40. The quantitative estimate of drug-likeness (QED) is 0.696. The van der Waals surface area contributed by atoms with E-state index in [9.17, 15) is 9.59 Å². The smallest absolute Gasteiger partial charge is 0.343 e. The molecule has 8 heteroatoms. The predicted octanol–water partition coefficient (Wildman–Crippen LogP) is 0.655. The summed E-state index contributed by atoms with van der Waals surface area (Å²) in [4.78, 5) is 23.0. The van der Waals surface area contributed by atoms with Gasteiger partial charge >= 0.3 is 5.97 Å². The summed E-state index contributed by atoms with van der Waals surface area (Å²) in [5.74, 6) is 0.0873. The van der Waals surface area contributed by atoms with Gasteiger partial charge in [-0.3, -0.25) is 4.79 Å². The molecule has 134 valence electrons. The maximum Gasteiger partial charge on any atom is 0.343 e. The molecule has 1 saturated heterocycles. The van der Waals surface area contributed by atoms with E-state index in [4.69, 9.17) is 9.47 Å². The summed E-state index contributed by atoms with van der Waals surface area (Å²) in [6, 6.07) is 7.29. The van der Waals surface area contributed by atoms with Crippen molar-refractivity contribution in [1.82, 2.24) is 10.6 Å². The molecule has 0 radical (unpaired) electrons. The van der Waals surface area contributed by atoms with Crippen molar-refractivity contribution in [1.29, 1.82) is 0 Å². The molecule has 1 aromatic carbocycles. The molecule has 0 aromatic heterocycles. The van der Waals surface area contributed by atoms with Crippen molar-refractivity contribution in [3.05, 3.63) is 29.8 Å². The first-order valence-corrected chi connectivity index (χ1v) is 7.54. The molecule has 0 aliphatic carbocycles. The molecule has 1 unspecified atom stereocenters. The van der Waals surface area contributed by atoms with Crippen LogP contribution in [-0.4, -0.2) is 51.4 Å². The lowest BCUT2D eigenvalue weighted by atomic mass is 10.1. The molecule has 24 heavy (non-hydrogen) atoms. The minimum atomic E-state index is -0.439. The number of carbonyl (C=O) groups excluding carboxylic acids is 2. The highest BCUT2D eigenvalue weighted by molar-refractivity contribution is 5.85. The van der Waals surface area contributed by atoms with Crippen LogP contribution < -0.4 is 15.4 Å². The van der Waals surface area contributed by atoms with Gasteiger partial charge in [0.1, 0.15) is 5.75 Å². The lowest BCUT2D eigenvalue weighted by molar-refractivity contribution is -0.142. The van der Waals surface area contributed by atoms with E-state index < -0.39 is 5.97 Å². The van der Waals surface area contributed by atoms with E-state index in [2.05, 4.69) is 15.4 Å². The largest absolute Gasteiger partial charge is 0.482 e. The first-order chi connectivity index (χ1) is 11.2. The SMILES string of the molecule is COC(=O)COc1cccc(CNC(=O)CC2COCCN2)c1.Cl. The molecule has 0 bridgehead atoms. The van der Waals surface area contributed by atoms with Gasteiger partial charge in [0.25, 0.3) is 0 Å². The van der Waals surface area contributed by atoms with Gasteiger partial charge in [-0.2, -0.15) is 0 Å². The van der Waals surface area contributed by atoms with Crippen LogP contribution in [-0.2, 0) is 25.6 Å². The maximum absolute atomic E-state index is 11.9. The van der Waals surface area contributed by atoms with Gasteiger partial charge in [0.15, 0.2) is 6.61 Å². The molecule has 1 heterocycles. The molecular weight excluding hydrogens is 336 g/mol. The summed E-state index contributed by atoms with van der Waals surface area (Å²) in [5.41, 5.74) is 0.897. The summed E-state index contributed by atoms with van der Waals surface area (Å²) < 4.78 is 15.2. The van der Waals surface area contributed by atoms with Crippen LogP contribution in [0.2, 0.25) is 0 Å². The van der Waals surface area contributed by atoms with Crippen LogP contribution in [0.4, 0.5) is 0 Å². The zero-order valence-electron chi connectivity index (χ0n) is 13.6. The third kappa shape index (κ3) is 7.16. The van der Waals surface area contributed by atoms with Crippen LogP contribution in [0.15, 0.2) is 24.3 Å². The first-order valence-electron chi connectivity index (χ1n) is 7.54. The number of nitrogens with one attached hydrogen (secondary N) is 2. The Morgan fingerprint density at radius 1 is 1.42 bits per heavy atom. The summed E-state index contributed by atoms with van der Waals surface area (Å²) >= 11 is 0. The van der Waals surface area contributed by atoms with E-state index in [1.165, 1.54) is 7.11 Å². The van der Waals surface area contributed by atoms with E-state index in [0.717, 1.165) is 12.1 Å². The fraction of sp³-hybridized carbons (Fsp3) is 0.500. The van der Waals surface area contributed by atoms with Crippen molar-refractivity contribution < 1.29 is 23.8 Å². The van der Waals surface area contributed by atoms with Crippen LogP contribution >= 0.6 is 12.4 Å². The Morgan fingerprint density at radius 3 is 2.96 bits per heavy atom. The Balaban J connectivity index is 0.00000288. The second-order valence-corrected chi connectivity index (χ2v) is 5.22. The summed E-state index contributed by atoms with van der Waals surface area (Å²) in [6.07, 6.45) is 0.387. The second-order valence-electron chi connectivity index (χ2n) is 5.22. The lowest BCUT2D eigenvalue weighted by Gasteiger charge is -2.23. The summed E-state index contributed by atoms with van der Waals surface area (Å²) in [5, 5.41) is 6.11. The number of amides is 1. The number of carbonyl (C=O) groups is 2. The van der Waals surface area contributed by atoms with Crippen molar-refractivity contribution in [3.63, 3.8) is 0 Å². The fourth-order valence-corrected chi connectivity index (χ4v) is 2.19. The molecule has 0 spiro atoms. The highest BCUT2D eigenvalue weighted by Gasteiger charge is 2.16. The average molecular weight is 359 g/mol. The average Bonchev–Trinajstić information content (AvgIpc) is 2.59. The van der Waals surface area contributed by atoms with Crippen LogP contribution in [0.3, 0.4) is 0 Å². The Hall–Kier alpha value is -1.83. The third-order valence-electron chi connectivity index (χ3n) is 3.40. The monoisotopic (exact) mass is 358 g/mol. The maximum atomic E-state index is 11.9. The van der Waals surface area contributed by atoms with Gasteiger partial charge in [0.2, 0.25) is 5.91 Å². The number of halogens is 1. The number of hydrogen-bond donors (Lipinski definition) is 2. The minimum Gasteiger partial charge on any atom is -0.482 e. The molecule has 1 fully saturated rings. The predicted molar refractivity (Wildman–Crippen MR) is 90.3 cm³/mol. The van der Waals surface area contributed by atoms with Crippen LogP contribution in [0.5, 0.6) is 5.75 Å². The lowest BCUT2D eigenvalue weighted by Crippen LogP contribution is -2.44. The van der Waals surface area contributed by atoms with E-state index in [-0.39, 0.29) is 31.0 Å². The van der Waals surface area contributed by atoms with Gasteiger partial charge in [-0.05, 0) is 17.7 Å². The van der Waals surface area contributed by atoms with Gasteiger partial charge in [0.05, 0.1) is 20.3 Å². The number of hydrogen-bond acceptors (Lipinski definition) is 6. The summed E-state index contributed by atoms with van der Waals surface area (Å²) in [7, 11) is 1.31. The Kier molecular flexibility index (Phi) is 9.14. The van der Waals surface area contributed by atoms with Gasteiger partial charge in [-0.1, -0.05) is 12.1 Å². The van der Waals surface area contributed by atoms with Gasteiger partial charge in [0, 0.05) is 25.6 Å². The number of morpholine rings is 1. The topological polar surface area (TPSA) is 85.9 Å². The van der Waals surface area contributed by atoms with Gasteiger partial charge in [-0.25, -0.2) is 4.79 Å². The standard InChI is InChI=1S/C16H22N2O5.ClH/c1-21-16(20)11-23-14-4-2-3-12(7-14)9-18-15(19)8-13-10-22-6-5-17-13;/h2-4,7,13,17H,5-6,8-11H2,1H3,(H,18,19);1H. The molecule has 2 rings (SSSR count). The Bertz CT molecular complexity index is 535. The van der Waals surface area contributed by atoms with Crippen LogP contribution in [0, 0.1) is 0 Å². The molecule has 1 aliphatic rings. The molecular formula is C16H23ClN2O5. The molecule has 1 aliphatic heterocycles. The molecule has 1 atom stereocenters. The van der Waals surface area contributed by atoms with E-state index >= 15 is 0 Å². The van der Waals surface area contributed by atoms with E-state index in [0.29, 0.717) is 31.9 Å². The zero-order valence-corrected chi connectivity index (χ0v) is 14.4. The van der Waals surface area contributed by atoms with Crippen molar-refractivity contribution in [2.45, 2.75) is 19.0 Å². The molecule has 1 aromatic rings. The van der Waals surface area contributed by atoms with E-state index in [1.54, 1.807) is 12.1 Å². The van der Waals surface area contributed by atoms with Crippen molar-refractivity contribution in [2.24, 2.45) is 0 Å². The number of methoxy groups -OCH3 is 1. The van der Waals surface area contributed by atoms with Crippen LogP contribution in [0.1, 0.15) is 12.0 Å². The zero-order chi connectivity index (χ0) is 16.5. The normalized spacial score (nSPS) is 16.6. The highest BCUT2D eigenvalue weighted by Crippen LogP contribution is 2.13. The van der Waals surface area contributed by atoms with Crippen LogP contribution in [0.25, 0.3) is 0 Å². The molecule has 0 saturated carbocycles. The Labute approximate surface area is 147 Å². The molecule has 1 amide bonds. The van der Waals surface area contributed by atoms with Crippen molar-refractivity contribution in [2.75, 3.05) is 33.5 Å². The first kappa shape index (κ1) is 20.2. The Morgan fingerprint density at radius 2 is 2.25 bits per heavy atom. The van der Waals surface area contributed by atoms with Crippen molar-refractivity contribution >= 4 is 24.3 Å². The molecule has 7 nitrogen and oxygen atoms in total. The number of rotatable bonds is 7. The number of esters is 1.